The molecule has 0 aliphatic heterocycles. The maximum Gasteiger partial charge on any atom is 0.347 e. The fourth-order valence-electron chi connectivity index (χ4n) is 5.03. The highest BCUT2D eigenvalue weighted by Gasteiger charge is 2.28. The Morgan fingerprint density at radius 2 is 1.63 bits per heavy atom. The minimum atomic E-state index is -0.525. The van der Waals surface area contributed by atoms with Crippen molar-refractivity contribution in [2.75, 3.05) is 19.5 Å². The first-order valence-electron chi connectivity index (χ1n) is 12.7. The first kappa shape index (κ1) is 27.0. The number of hydrogen-bond donors (Lipinski definition) is 1. The minimum absolute atomic E-state index is 0.143. The van der Waals surface area contributed by atoms with Gasteiger partial charge in [-0.15, -0.1) is 0 Å². The van der Waals surface area contributed by atoms with E-state index in [4.69, 9.17) is 19.2 Å². The molecule has 38 heavy (non-hydrogen) atoms. The number of hydrogen-bond acceptors (Lipinski definition) is 6. The molecule has 4 aromatic rings. The fourth-order valence-corrected chi connectivity index (χ4v) is 5.03. The minimum Gasteiger partial charge on any atom is -0.496 e. The molecule has 0 saturated carbocycles. The zero-order chi connectivity index (χ0) is 27.7. The molecule has 4 rings (SSSR count). The summed E-state index contributed by atoms with van der Waals surface area (Å²) in [5.41, 5.74) is 3.90. The fraction of sp³-hybridized carbons (Fsp3) is 0.355. The van der Waals surface area contributed by atoms with Crippen LogP contribution in [0.2, 0.25) is 0 Å². The molecule has 0 unspecified atom stereocenters. The Bertz CT molecular complexity index is 1460. The first-order valence-corrected chi connectivity index (χ1v) is 12.7. The molecule has 2 aromatic heterocycles. The summed E-state index contributed by atoms with van der Waals surface area (Å²) in [5.74, 6) is 1.56. The van der Waals surface area contributed by atoms with Gasteiger partial charge in [0.05, 0.1) is 14.2 Å². The molecule has 2 aromatic carbocycles. The number of methoxy groups -OCH3 is 2. The standard InChI is InChI=1S/C31H37N3O4/c1-20-15-16-34-26(17-20)32-27(28(34)33-31(5,6)19-30(2,3)4)21-13-14-24(25(18-21)37-8)38-29(35)22-11-9-10-12-23(22)36-7/h9-18,33H,19H2,1-8H3. The summed E-state index contributed by atoms with van der Waals surface area (Å²) in [7, 11) is 3.07. The Labute approximate surface area is 224 Å². The van der Waals surface area contributed by atoms with E-state index in [1.54, 1.807) is 37.4 Å². The molecule has 2 heterocycles. The van der Waals surface area contributed by atoms with Gasteiger partial charge in [-0.3, -0.25) is 4.40 Å². The number of para-hydroxylation sites is 1. The Hall–Kier alpha value is -4.00. The highest BCUT2D eigenvalue weighted by molar-refractivity contribution is 5.94. The van der Waals surface area contributed by atoms with E-state index in [-0.39, 0.29) is 11.0 Å². The van der Waals surface area contributed by atoms with Crippen molar-refractivity contribution in [3.8, 4) is 28.5 Å². The molecule has 0 radical (unpaired) electrons. The normalized spacial score (nSPS) is 11.9. The van der Waals surface area contributed by atoms with E-state index in [2.05, 4.69) is 63.4 Å². The quantitative estimate of drug-likeness (QED) is 0.198. The zero-order valence-electron chi connectivity index (χ0n) is 23.5. The van der Waals surface area contributed by atoms with Gasteiger partial charge in [-0.05, 0) is 80.6 Å². The van der Waals surface area contributed by atoms with E-state index in [0.29, 0.717) is 22.8 Å². The lowest BCUT2D eigenvalue weighted by atomic mass is 9.82. The van der Waals surface area contributed by atoms with Gasteiger partial charge in [-0.2, -0.15) is 0 Å². The number of anilines is 1. The monoisotopic (exact) mass is 515 g/mol. The number of imidazole rings is 1. The van der Waals surface area contributed by atoms with E-state index in [1.165, 1.54) is 7.11 Å². The topological polar surface area (TPSA) is 74.1 Å². The predicted molar refractivity (Wildman–Crippen MR) is 152 cm³/mol. The molecule has 0 spiro atoms. The molecular weight excluding hydrogens is 478 g/mol. The van der Waals surface area contributed by atoms with Crippen molar-refractivity contribution in [3.05, 3.63) is 71.9 Å². The highest BCUT2D eigenvalue weighted by Crippen LogP contribution is 2.38. The van der Waals surface area contributed by atoms with Crippen LogP contribution in [-0.2, 0) is 0 Å². The maximum atomic E-state index is 12.9. The summed E-state index contributed by atoms with van der Waals surface area (Å²) < 4.78 is 18.7. The molecule has 200 valence electrons. The molecule has 7 nitrogen and oxygen atoms in total. The first-order chi connectivity index (χ1) is 17.9. The van der Waals surface area contributed by atoms with Crippen LogP contribution < -0.4 is 19.5 Å². The zero-order valence-corrected chi connectivity index (χ0v) is 23.5. The number of rotatable bonds is 8. The third-order valence-electron chi connectivity index (χ3n) is 6.18. The summed E-state index contributed by atoms with van der Waals surface area (Å²) in [6.07, 6.45) is 3.00. The molecule has 0 saturated heterocycles. The Morgan fingerprint density at radius 3 is 2.32 bits per heavy atom. The van der Waals surface area contributed by atoms with Crippen LogP contribution in [0.3, 0.4) is 0 Å². The summed E-state index contributed by atoms with van der Waals surface area (Å²) >= 11 is 0. The Morgan fingerprint density at radius 1 is 0.921 bits per heavy atom. The number of aromatic nitrogens is 2. The van der Waals surface area contributed by atoms with Crippen molar-refractivity contribution >= 4 is 17.4 Å². The van der Waals surface area contributed by atoms with Gasteiger partial charge in [0.15, 0.2) is 11.5 Å². The molecule has 0 aliphatic rings. The average Bonchev–Trinajstić information content (AvgIpc) is 3.19. The van der Waals surface area contributed by atoms with Gasteiger partial charge in [0.2, 0.25) is 0 Å². The SMILES string of the molecule is COc1cc(-c2nc3cc(C)ccn3c2NC(C)(C)CC(C)(C)C)ccc1OC(=O)c1ccccc1OC. The van der Waals surface area contributed by atoms with Crippen molar-refractivity contribution in [2.24, 2.45) is 5.41 Å². The maximum absolute atomic E-state index is 12.9. The van der Waals surface area contributed by atoms with Gasteiger partial charge >= 0.3 is 5.97 Å². The molecule has 0 atom stereocenters. The average molecular weight is 516 g/mol. The molecule has 0 amide bonds. The number of carbonyl (C=O) groups is 1. The summed E-state index contributed by atoms with van der Waals surface area (Å²) in [6, 6.07) is 16.6. The number of aryl methyl sites for hydroxylation is 1. The molecular formula is C31H37N3O4. The lowest BCUT2D eigenvalue weighted by Gasteiger charge is -2.34. The van der Waals surface area contributed by atoms with E-state index in [1.807, 2.05) is 18.3 Å². The Balaban J connectivity index is 1.74. The molecule has 7 heteroatoms. The lowest BCUT2D eigenvalue weighted by molar-refractivity contribution is 0.0726. The van der Waals surface area contributed by atoms with Crippen LogP contribution in [0.15, 0.2) is 60.8 Å². The molecule has 0 fully saturated rings. The van der Waals surface area contributed by atoms with Crippen LogP contribution in [0.1, 0.15) is 57.0 Å². The summed E-state index contributed by atoms with van der Waals surface area (Å²) in [6.45, 7) is 13.2. The highest BCUT2D eigenvalue weighted by atomic mass is 16.6. The van der Waals surface area contributed by atoms with Crippen molar-refractivity contribution in [1.29, 1.82) is 0 Å². The van der Waals surface area contributed by atoms with Crippen LogP contribution in [-0.4, -0.2) is 35.1 Å². The predicted octanol–water partition coefficient (Wildman–Crippen LogP) is 7.17. The van der Waals surface area contributed by atoms with Crippen molar-refractivity contribution < 1.29 is 19.0 Å². The van der Waals surface area contributed by atoms with Gasteiger partial charge in [0.1, 0.15) is 28.5 Å². The number of carbonyl (C=O) groups excluding carboxylic acids is 1. The van der Waals surface area contributed by atoms with E-state index >= 15 is 0 Å². The van der Waals surface area contributed by atoms with Crippen LogP contribution in [0.25, 0.3) is 16.9 Å². The lowest BCUT2D eigenvalue weighted by Crippen LogP contribution is -2.36. The third-order valence-corrected chi connectivity index (χ3v) is 6.18. The number of nitrogens with one attached hydrogen (secondary N) is 1. The van der Waals surface area contributed by atoms with Gasteiger partial charge in [-0.25, -0.2) is 9.78 Å². The molecule has 0 bridgehead atoms. The second kappa shape index (κ2) is 10.4. The number of fused-ring (bicyclic) bond motifs is 1. The number of nitrogens with zero attached hydrogens (tertiary/aromatic N) is 2. The number of ether oxygens (including phenoxy) is 3. The molecule has 0 aliphatic carbocycles. The van der Waals surface area contributed by atoms with Gasteiger partial charge in [0, 0.05) is 17.3 Å². The number of pyridine rings is 1. The second-order valence-electron chi connectivity index (χ2n) is 11.4. The Kier molecular flexibility index (Phi) is 7.40. The van der Waals surface area contributed by atoms with Crippen molar-refractivity contribution in [3.63, 3.8) is 0 Å². The van der Waals surface area contributed by atoms with E-state index < -0.39 is 5.97 Å². The second-order valence-corrected chi connectivity index (χ2v) is 11.4. The number of benzene rings is 2. The van der Waals surface area contributed by atoms with Gasteiger partial charge in [0.25, 0.3) is 0 Å². The number of esters is 1. The third kappa shape index (κ3) is 5.93. The van der Waals surface area contributed by atoms with E-state index in [0.717, 1.165) is 34.7 Å². The van der Waals surface area contributed by atoms with Gasteiger partial charge in [-0.1, -0.05) is 32.9 Å². The summed E-state index contributed by atoms with van der Waals surface area (Å²) in [4.78, 5) is 17.9. The largest absolute Gasteiger partial charge is 0.496 e. The van der Waals surface area contributed by atoms with Crippen LogP contribution in [0, 0.1) is 12.3 Å². The molecule has 1 N–H and O–H groups in total. The van der Waals surface area contributed by atoms with Crippen molar-refractivity contribution in [2.45, 2.75) is 53.5 Å². The van der Waals surface area contributed by atoms with Gasteiger partial charge < -0.3 is 19.5 Å². The van der Waals surface area contributed by atoms with Crippen LogP contribution >= 0.6 is 0 Å². The van der Waals surface area contributed by atoms with Crippen molar-refractivity contribution in [1.82, 2.24) is 9.38 Å². The summed E-state index contributed by atoms with van der Waals surface area (Å²) in [5, 5.41) is 3.76. The van der Waals surface area contributed by atoms with E-state index in [9.17, 15) is 4.79 Å². The van der Waals surface area contributed by atoms with Crippen LogP contribution in [0.4, 0.5) is 5.82 Å². The van der Waals surface area contributed by atoms with Crippen LogP contribution in [0.5, 0.6) is 17.2 Å². The smallest absolute Gasteiger partial charge is 0.347 e.